The molecular weight excluding hydrogens is 380 g/mol. The average molecular weight is 400 g/mol. The van der Waals surface area contributed by atoms with Gasteiger partial charge in [0.25, 0.3) is 5.91 Å². The molecule has 3 rings (SSSR count). The van der Waals surface area contributed by atoms with Gasteiger partial charge in [0.05, 0.1) is 11.6 Å². The third-order valence-electron chi connectivity index (χ3n) is 4.24. The first-order chi connectivity index (χ1) is 14.4. The van der Waals surface area contributed by atoms with Crippen LogP contribution in [0.25, 0.3) is 0 Å². The van der Waals surface area contributed by atoms with Crippen LogP contribution in [0.4, 0.5) is 5.69 Å². The second kappa shape index (κ2) is 9.39. The molecule has 30 heavy (non-hydrogen) atoms. The number of hydrogen-bond donors (Lipinski definition) is 1. The lowest BCUT2D eigenvalue weighted by molar-refractivity contribution is -0.122. The molecule has 0 heterocycles. The highest BCUT2D eigenvalue weighted by molar-refractivity contribution is 5.95. The predicted molar refractivity (Wildman–Crippen MR) is 113 cm³/mol. The first-order valence-corrected chi connectivity index (χ1v) is 9.31. The minimum Gasteiger partial charge on any atom is -0.481 e. The molecule has 0 aliphatic carbocycles. The standard InChI is InChI=1S/C24H20N2O4/c1-16(27)19-6-4-8-23(14-19)29-17(2)24(28)26-20-9-11-21(12-10-20)30-22-7-3-5-18(13-22)15-25/h3-14,17H,1-2H3,(H,26,28). The summed E-state index contributed by atoms with van der Waals surface area (Å²) in [6, 6.07) is 22.5. The molecule has 0 saturated carbocycles. The maximum absolute atomic E-state index is 12.4. The monoisotopic (exact) mass is 400 g/mol. The number of ketones is 1. The van der Waals surface area contributed by atoms with Gasteiger partial charge in [0.1, 0.15) is 17.2 Å². The first kappa shape index (κ1) is 20.6. The van der Waals surface area contributed by atoms with Gasteiger partial charge in [-0.3, -0.25) is 9.59 Å². The molecule has 0 aliphatic rings. The minimum absolute atomic E-state index is 0.0702. The van der Waals surface area contributed by atoms with Gasteiger partial charge in [0.2, 0.25) is 0 Å². The van der Waals surface area contributed by atoms with Crippen molar-refractivity contribution < 1.29 is 19.1 Å². The van der Waals surface area contributed by atoms with Crippen molar-refractivity contribution in [2.24, 2.45) is 0 Å². The molecule has 1 amide bonds. The number of nitrogens with zero attached hydrogens (tertiary/aromatic N) is 1. The minimum atomic E-state index is -0.753. The van der Waals surface area contributed by atoms with Gasteiger partial charge in [-0.15, -0.1) is 0 Å². The lowest BCUT2D eigenvalue weighted by Crippen LogP contribution is -2.30. The van der Waals surface area contributed by atoms with E-state index in [1.807, 2.05) is 0 Å². The number of hydrogen-bond acceptors (Lipinski definition) is 5. The number of carbonyl (C=O) groups excluding carboxylic acids is 2. The predicted octanol–water partition coefficient (Wildman–Crippen LogP) is 4.96. The maximum Gasteiger partial charge on any atom is 0.265 e. The summed E-state index contributed by atoms with van der Waals surface area (Å²) < 4.78 is 11.4. The molecule has 0 fully saturated rings. The lowest BCUT2D eigenvalue weighted by Gasteiger charge is -2.15. The van der Waals surface area contributed by atoms with Gasteiger partial charge in [-0.05, 0) is 68.4 Å². The van der Waals surface area contributed by atoms with Gasteiger partial charge < -0.3 is 14.8 Å². The Labute approximate surface area is 174 Å². The molecular formula is C24H20N2O4. The maximum atomic E-state index is 12.4. The van der Waals surface area contributed by atoms with Crippen LogP contribution in [0.1, 0.15) is 29.8 Å². The Morgan fingerprint density at radius 2 is 1.63 bits per heavy atom. The van der Waals surface area contributed by atoms with E-state index in [-0.39, 0.29) is 11.7 Å². The zero-order valence-electron chi connectivity index (χ0n) is 16.6. The topological polar surface area (TPSA) is 88.4 Å². The van der Waals surface area contributed by atoms with Crippen LogP contribution in [0, 0.1) is 11.3 Å². The van der Waals surface area contributed by atoms with E-state index >= 15 is 0 Å². The van der Waals surface area contributed by atoms with Crippen LogP contribution in [-0.2, 0) is 4.79 Å². The zero-order valence-corrected chi connectivity index (χ0v) is 16.6. The Kier molecular flexibility index (Phi) is 6.46. The second-order valence-corrected chi connectivity index (χ2v) is 6.60. The van der Waals surface area contributed by atoms with E-state index in [2.05, 4.69) is 11.4 Å². The van der Waals surface area contributed by atoms with Crippen LogP contribution < -0.4 is 14.8 Å². The Hall–Kier alpha value is -4.11. The summed E-state index contributed by atoms with van der Waals surface area (Å²) in [4.78, 5) is 23.9. The van der Waals surface area contributed by atoms with Gasteiger partial charge in [0, 0.05) is 11.3 Å². The van der Waals surface area contributed by atoms with E-state index in [9.17, 15) is 9.59 Å². The lowest BCUT2D eigenvalue weighted by atomic mass is 10.1. The van der Waals surface area contributed by atoms with Crippen molar-refractivity contribution >= 4 is 17.4 Å². The molecule has 3 aromatic rings. The number of ether oxygens (including phenoxy) is 2. The Balaban J connectivity index is 1.59. The van der Waals surface area contributed by atoms with E-state index in [0.29, 0.717) is 34.1 Å². The molecule has 150 valence electrons. The van der Waals surface area contributed by atoms with Crippen molar-refractivity contribution in [3.63, 3.8) is 0 Å². The van der Waals surface area contributed by atoms with Crippen LogP contribution in [0.2, 0.25) is 0 Å². The van der Waals surface area contributed by atoms with E-state index in [4.69, 9.17) is 14.7 Å². The fourth-order valence-corrected chi connectivity index (χ4v) is 2.66. The number of rotatable bonds is 7. The molecule has 1 N–H and O–H groups in total. The average Bonchev–Trinajstić information content (AvgIpc) is 2.75. The molecule has 3 aromatic carbocycles. The molecule has 0 aromatic heterocycles. The number of amides is 1. The summed E-state index contributed by atoms with van der Waals surface area (Å²) in [5, 5.41) is 11.7. The van der Waals surface area contributed by atoms with Crippen LogP contribution in [0.3, 0.4) is 0 Å². The van der Waals surface area contributed by atoms with Crippen molar-refractivity contribution in [1.82, 2.24) is 0 Å². The van der Waals surface area contributed by atoms with Gasteiger partial charge >= 0.3 is 0 Å². The van der Waals surface area contributed by atoms with E-state index in [0.717, 1.165) is 0 Å². The normalized spacial score (nSPS) is 11.1. The van der Waals surface area contributed by atoms with E-state index in [1.165, 1.54) is 6.92 Å². The fourth-order valence-electron chi connectivity index (χ4n) is 2.66. The zero-order chi connectivity index (χ0) is 21.5. The molecule has 0 aliphatic heterocycles. The third kappa shape index (κ3) is 5.46. The molecule has 0 saturated heterocycles. The van der Waals surface area contributed by atoms with Crippen molar-refractivity contribution in [2.75, 3.05) is 5.32 Å². The number of nitriles is 1. The molecule has 1 atom stereocenters. The SMILES string of the molecule is CC(=O)c1cccc(OC(C)C(=O)Nc2ccc(Oc3cccc(C#N)c3)cc2)c1. The van der Waals surface area contributed by atoms with Crippen LogP contribution in [0.15, 0.2) is 72.8 Å². The summed E-state index contributed by atoms with van der Waals surface area (Å²) in [6.07, 6.45) is -0.753. The quantitative estimate of drug-likeness (QED) is 0.566. The Bertz CT molecular complexity index is 1100. The molecule has 0 radical (unpaired) electrons. The van der Waals surface area contributed by atoms with E-state index in [1.54, 1.807) is 79.7 Å². The summed E-state index contributed by atoms with van der Waals surface area (Å²) in [7, 11) is 0. The van der Waals surface area contributed by atoms with Gasteiger partial charge in [-0.1, -0.05) is 18.2 Å². The summed E-state index contributed by atoms with van der Waals surface area (Å²) in [5.41, 5.74) is 1.63. The highest BCUT2D eigenvalue weighted by Crippen LogP contribution is 2.24. The molecule has 1 unspecified atom stereocenters. The van der Waals surface area contributed by atoms with Crippen molar-refractivity contribution in [2.45, 2.75) is 20.0 Å². The van der Waals surface area contributed by atoms with Crippen molar-refractivity contribution in [1.29, 1.82) is 5.26 Å². The summed E-state index contributed by atoms with van der Waals surface area (Å²) >= 11 is 0. The highest BCUT2D eigenvalue weighted by atomic mass is 16.5. The Morgan fingerprint density at radius 1 is 0.933 bits per heavy atom. The largest absolute Gasteiger partial charge is 0.481 e. The van der Waals surface area contributed by atoms with Gasteiger partial charge in [0.15, 0.2) is 11.9 Å². The molecule has 6 nitrogen and oxygen atoms in total. The third-order valence-corrected chi connectivity index (χ3v) is 4.24. The van der Waals surface area contributed by atoms with Gasteiger partial charge in [-0.2, -0.15) is 5.26 Å². The summed E-state index contributed by atoms with van der Waals surface area (Å²) in [5.74, 6) is 1.20. The molecule has 0 spiro atoms. The van der Waals surface area contributed by atoms with Crippen LogP contribution >= 0.6 is 0 Å². The first-order valence-electron chi connectivity index (χ1n) is 9.31. The van der Waals surface area contributed by atoms with Crippen molar-refractivity contribution in [3.05, 3.63) is 83.9 Å². The molecule has 6 heteroatoms. The number of benzene rings is 3. The number of carbonyl (C=O) groups is 2. The fraction of sp³-hybridized carbons (Fsp3) is 0.125. The smallest absolute Gasteiger partial charge is 0.265 e. The second-order valence-electron chi connectivity index (χ2n) is 6.60. The summed E-state index contributed by atoms with van der Waals surface area (Å²) in [6.45, 7) is 3.11. The van der Waals surface area contributed by atoms with Crippen LogP contribution in [0.5, 0.6) is 17.2 Å². The van der Waals surface area contributed by atoms with Gasteiger partial charge in [-0.25, -0.2) is 0 Å². The van der Waals surface area contributed by atoms with Crippen LogP contribution in [-0.4, -0.2) is 17.8 Å². The number of anilines is 1. The molecule has 0 bridgehead atoms. The Morgan fingerprint density at radius 3 is 2.33 bits per heavy atom. The highest BCUT2D eigenvalue weighted by Gasteiger charge is 2.15. The van der Waals surface area contributed by atoms with E-state index < -0.39 is 6.10 Å². The number of nitrogens with one attached hydrogen (secondary N) is 1. The van der Waals surface area contributed by atoms with Crippen molar-refractivity contribution in [3.8, 4) is 23.3 Å². The number of Topliss-reactive ketones (excluding diaryl/α,β-unsaturated/α-hetero) is 1.